The number of carbonyl (C=O) groups is 3. The van der Waals surface area contributed by atoms with E-state index in [-0.39, 0.29) is 11.9 Å². The molecule has 0 saturated carbocycles. The van der Waals surface area contributed by atoms with Crippen LogP contribution in [-0.4, -0.2) is 40.2 Å². The van der Waals surface area contributed by atoms with Crippen molar-refractivity contribution in [3.8, 4) is 11.1 Å². The Balaban J connectivity index is 1.71. The number of H-pyrrole nitrogens is 1. The number of aryl methyl sites for hydroxylation is 2. The predicted molar refractivity (Wildman–Crippen MR) is 132 cm³/mol. The van der Waals surface area contributed by atoms with Crippen molar-refractivity contribution in [1.29, 1.82) is 0 Å². The van der Waals surface area contributed by atoms with Crippen LogP contribution in [0.4, 0.5) is 10.5 Å². The molecule has 7 heteroatoms. The van der Waals surface area contributed by atoms with E-state index in [2.05, 4.69) is 4.98 Å². The first-order valence-corrected chi connectivity index (χ1v) is 11.1. The van der Waals surface area contributed by atoms with E-state index in [9.17, 15) is 14.4 Å². The van der Waals surface area contributed by atoms with Crippen LogP contribution in [0.1, 0.15) is 27.2 Å². The van der Waals surface area contributed by atoms with Crippen LogP contribution in [0.5, 0.6) is 0 Å². The number of allylic oxidation sites excluding steroid dienone is 3. The summed E-state index contributed by atoms with van der Waals surface area (Å²) in [4.78, 5) is 43.3. The Kier molecular flexibility index (Phi) is 4.86. The van der Waals surface area contributed by atoms with E-state index < -0.39 is 11.8 Å². The van der Waals surface area contributed by atoms with Gasteiger partial charge in [0.1, 0.15) is 17.3 Å². The molecule has 34 heavy (non-hydrogen) atoms. The number of amides is 4. The Morgan fingerprint density at radius 2 is 1.79 bits per heavy atom. The lowest BCUT2D eigenvalue weighted by Crippen LogP contribution is -2.53. The number of hydrogen-bond acceptors (Lipinski definition) is 3. The minimum absolute atomic E-state index is 0.276. The Morgan fingerprint density at radius 3 is 2.53 bits per heavy atom. The highest BCUT2D eigenvalue weighted by Gasteiger charge is 2.47. The third kappa shape index (κ3) is 2.97. The first kappa shape index (κ1) is 21.6. The lowest BCUT2D eigenvalue weighted by molar-refractivity contribution is -0.393. The van der Waals surface area contributed by atoms with Crippen LogP contribution < -0.4 is 10.6 Å². The average molecular weight is 454 g/mol. The Hall–Kier alpha value is -4.26. The van der Waals surface area contributed by atoms with E-state index in [0.717, 1.165) is 33.3 Å². The van der Waals surface area contributed by atoms with Gasteiger partial charge in [-0.3, -0.25) is 4.79 Å². The van der Waals surface area contributed by atoms with Gasteiger partial charge in [0.2, 0.25) is 0 Å². The largest absolute Gasteiger partial charge is 0.505 e. The van der Waals surface area contributed by atoms with Crippen LogP contribution in [0.2, 0.25) is 0 Å². The van der Waals surface area contributed by atoms with Gasteiger partial charge in [-0.25, -0.2) is 4.79 Å². The zero-order chi connectivity index (χ0) is 24.3. The molecule has 1 aliphatic heterocycles. The second-order valence-corrected chi connectivity index (χ2v) is 8.76. The number of aromatic nitrogens is 1. The molecule has 3 N–H and O–H groups in total. The number of imide groups is 1. The van der Waals surface area contributed by atoms with Gasteiger partial charge >= 0.3 is 11.9 Å². The molecule has 1 atom stereocenters. The van der Waals surface area contributed by atoms with Crippen LogP contribution in [0.25, 0.3) is 22.0 Å². The highest BCUT2D eigenvalue weighted by Crippen LogP contribution is 2.39. The molecule has 7 nitrogen and oxygen atoms in total. The number of benzene rings is 2. The minimum Gasteiger partial charge on any atom is -0.366 e. The summed E-state index contributed by atoms with van der Waals surface area (Å²) in [6, 6.07) is 8.80. The topological polar surface area (TPSA) is 99.3 Å². The number of urea groups is 1. The van der Waals surface area contributed by atoms with E-state index in [0.29, 0.717) is 22.5 Å². The number of primary amides is 1. The van der Waals surface area contributed by atoms with Crippen molar-refractivity contribution in [1.82, 2.24) is 4.98 Å². The van der Waals surface area contributed by atoms with Crippen molar-refractivity contribution in [3.63, 3.8) is 0 Å². The predicted octanol–water partition coefficient (Wildman–Crippen LogP) is 4.15. The van der Waals surface area contributed by atoms with Crippen molar-refractivity contribution in [2.75, 3.05) is 11.9 Å². The van der Waals surface area contributed by atoms with Gasteiger partial charge in [-0.2, -0.15) is 9.37 Å². The molecule has 0 saturated heterocycles. The smallest absolute Gasteiger partial charge is 0.366 e. The van der Waals surface area contributed by atoms with Crippen LogP contribution in [-0.2, 0) is 4.79 Å². The van der Waals surface area contributed by atoms with Crippen molar-refractivity contribution in [3.05, 3.63) is 77.0 Å². The van der Waals surface area contributed by atoms with Crippen LogP contribution in [0.3, 0.4) is 0 Å². The fourth-order valence-corrected chi connectivity index (χ4v) is 4.95. The number of nitrogens with zero attached hydrogens (tertiary/aromatic N) is 2. The summed E-state index contributed by atoms with van der Waals surface area (Å²) in [5.41, 5.74) is 12.5. The molecule has 5 rings (SSSR count). The van der Waals surface area contributed by atoms with E-state index >= 15 is 0 Å². The third-order valence-corrected chi connectivity index (χ3v) is 6.91. The molecular formula is C27H25N4O3+. The Morgan fingerprint density at radius 1 is 1.03 bits per heavy atom. The van der Waals surface area contributed by atoms with Gasteiger partial charge in [0.05, 0.1) is 18.1 Å². The van der Waals surface area contributed by atoms with Gasteiger partial charge in [0, 0.05) is 16.6 Å². The van der Waals surface area contributed by atoms with E-state index in [4.69, 9.17) is 5.73 Å². The number of anilines is 1. The SMILES string of the molecule is Cc1[nH]c2c(C(N)=O)ccc(-c3cccc(N4C(=O)C5C=CC=CC5=[N+](C)C4=O)c3C)c2c1C. The Bertz CT molecular complexity index is 1520. The Labute approximate surface area is 196 Å². The molecule has 2 aromatic carbocycles. The maximum absolute atomic E-state index is 13.4. The quantitative estimate of drug-likeness (QED) is 0.583. The number of aromatic amines is 1. The van der Waals surface area contributed by atoms with Crippen molar-refractivity contribution in [2.24, 2.45) is 11.7 Å². The second-order valence-electron chi connectivity index (χ2n) is 8.76. The zero-order valence-electron chi connectivity index (χ0n) is 19.5. The van der Waals surface area contributed by atoms with Crippen LogP contribution >= 0.6 is 0 Å². The van der Waals surface area contributed by atoms with Gasteiger partial charge in [-0.05, 0) is 55.7 Å². The average Bonchev–Trinajstić information content (AvgIpc) is 3.12. The molecule has 0 fully saturated rings. The molecule has 0 bridgehead atoms. The summed E-state index contributed by atoms with van der Waals surface area (Å²) in [7, 11) is 1.69. The highest BCUT2D eigenvalue weighted by molar-refractivity contribution is 6.26. The summed E-state index contributed by atoms with van der Waals surface area (Å²) >= 11 is 0. The van der Waals surface area contributed by atoms with Crippen molar-refractivity contribution < 1.29 is 19.0 Å². The molecular weight excluding hydrogens is 428 g/mol. The molecule has 1 unspecified atom stereocenters. The van der Waals surface area contributed by atoms with Crippen molar-refractivity contribution in [2.45, 2.75) is 20.8 Å². The van der Waals surface area contributed by atoms with Crippen LogP contribution in [0.15, 0.2) is 54.6 Å². The van der Waals surface area contributed by atoms with Crippen LogP contribution in [0, 0.1) is 26.7 Å². The number of hydrogen-bond donors (Lipinski definition) is 2. The highest BCUT2D eigenvalue weighted by atomic mass is 16.2. The monoisotopic (exact) mass is 453 g/mol. The standard InChI is InChI=1S/C27H24N4O3/c1-14-16(3)29-24-20(25(28)32)13-12-18(23(14)24)17-9-7-11-21(15(17)2)31-26(33)19-8-5-6-10-22(19)30(4)27(31)34/h5-13,19H,1-4H3,(H2-,28,29,32)/p+1. The molecule has 2 heterocycles. The molecule has 1 aromatic heterocycles. The maximum atomic E-state index is 13.4. The van der Waals surface area contributed by atoms with Crippen molar-refractivity contribution >= 4 is 40.1 Å². The molecule has 170 valence electrons. The maximum Gasteiger partial charge on any atom is 0.505 e. The molecule has 0 spiro atoms. The molecule has 1 aliphatic carbocycles. The first-order chi connectivity index (χ1) is 16.2. The molecule has 2 aliphatic rings. The van der Waals surface area contributed by atoms with Gasteiger partial charge < -0.3 is 10.7 Å². The number of carbonyl (C=O) groups excluding carboxylic acids is 3. The summed E-state index contributed by atoms with van der Waals surface area (Å²) in [5.74, 6) is -1.29. The van der Waals surface area contributed by atoms with E-state index in [1.165, 1.54) is 9.48 Å². The van der Waals surface area contributed by atoms with E-state index in [1.807, 2.05) is 57.2 Å². The van der Waals surface area contributed by atoms with Gasteiger partial charge in [-0.15, -0.1) is 4.90 Å². The van der Waals surface area contributed by atoms with Gasteiger partial charge in [0.15, 0.2) is 0 Å². The fourth-order valence-electron chi connectivity index (χ4n) is 4.95. The first-order valence-electron chi connectivity index (χ1n) is 11.1. The number of nitrogens with one attached hydrogen (secondary N) is 1. The lowest BCUT2D eigenvalue weighted by Gasteiger charge is -2.26. The summed E-state index contributed by atoms with van der Waals surface area (Å²) in [6.45, 7) is 5.85. The number of nitrogens with two attached hydrogens (primary N) is 1. The minimum atomic E-state index is -0.508. The summed E-state index contributed by atoms with van der Waals surface area (Å²) in [5, 5.41) is 0.901. The molecule has 3 aromatic rings. The summed E-state index contributed by atoms with van der Waals surface area (Å²) in [6.07, 6.45) is 7.26. The third-order valence-electron chi connectivity index (χ3n) is 6.91. The second kappa shape index (κ2) is 7.66. The lowest BCUT2D eigenvalue weighted by atomic mass is 9.91. The molecule has 0 radical (unpaired) electrons. The number of rotatable bonds is 3. The van der Waals surface area contributed by atoms with Gasteiger partial charge in [0.25, 0.3) is 5.91 Å². The molecule has 4 amide bonds. The summed E-state index contributed by atoms with van der Waals surface area (Å²) < 4.78 is 1.53. The normalized spacial score (nSPS) is 17.6. The zero-order valence-corrected chi connectivity index (χ0v) is 19.5. The fraction of sp³-hybridized carbons (Fsp3) is 0.185. The van der Waals surface area contributed by atoms with E-state index in [1.54, 1.807) is 25.3 Å². The van der Waals surface area contributed by atoms with Gasteiger partial charge in [-0.1, -0.05) is 36.4 Å². The number of fused-ring (bicyclic) bond motifs is 2.